The number of nitrogens with two attached hydrogens (primary N) is 1. The molecule has 0 saturated carbocycles. The summed E-state index contributed by atoms with van der Waals surface area (Å²) in [5, 5.41) is 2.74. The van der Waals surface area contributed by atoms with Crippen molar-refractivity contribution in [1.82, 2.24) is 5.32 Å². The molecule has 0 aliphatic heterocycles. The molecule has 4 heteroatoms. The second-order valence-corrected chi connectivity index (χ2v) is 5.69. The minimum absolute atomic E-state index is 0.130. The molecule has 0 bridgehead atoms. The van der Waals surface area contributed by atoms with Gasteiger partial charge in [0.1, 0.15) is 6.04 Å². The number of benzene rings is 1. The fraction of sp³-hybridized carbons (Fsp3) is 0.500. The maximum Gasteiger partial charge on any atom is 0.240 e. The molecule has 110 valence electrons. The number of amides is 2. The number of carbonyl (C=O) groups is 2. The molecule has 0 fully saturated rings. The topological polar surface area (TPSA) is 72.2 Å². The van der Waals surface area contributed by atoms with E-state index in [2.05, 4.69) is 5.32 Å². The Balaban J connectivity index is 2.83. The van der Waals surface area contributed by atoms with Crippen molar-refractivity contribution in [3.8, 4) is 0 Å². The molecule has 0 aliphatic carbocycles. The van der Waals surface area contributed by atoms with Gasteiger partial charge in [-0.25, -0.2) is 0 Å². The van der Waals surface area contributed by atoms with Crippen LogP contribution in [0.3, 0.4) is 0 Å². The summed E-state index contributed by atoms with van der Waals surface area (Å²) in [7, 11) is 0. The largest absolute Gasteiger partial charge is 0.368 e. The lowest BCUT2D eigenvalue weighted by atomic mass is 9.96. The van der Waals surface area contributed by atoms with Crippen LogP contribution in [0.25, 0.3) is 0 Å². The van der Waals surface area contributed by atoms with E-state index in [1.807, 2.05) is 45.9 Å². The predicted molar refractivity (Wildman–Crippen MR) is 80.2 cm³/mol. The molecule has 20 heavy (non-hydrogen) atoms. The molecule has 4 nitrogen and oxygen atoms in total. The van der Waals surface area contributed by atoms with Crippen molar-refractivity contribution >= 4 is 11.8 Å². The summed E-state index contributed by atoms with van der Waals surface area (Å²) in [4.78, 5) is 23.4. The van der Waals surface area contributed by atoms with E-state index in [1.165, 1.54) is 0 Å². The number of rotatable bonds is 6. The number of aryl methyl sites for hydroxylation is 2. The van der Waals surface area contributed by atoms with Crippen LogP contribution in [0.4, 0.5) is 0 Å². The number of carbonyl (C=O) groups excluding carboxylic acids is 2. The van der Waals surface area contributed by atoms with Crippen molar-refractivity contribution in [2.75, 3.05) is 0 Å². The molecule has 3 N–H and O–H groups in total. The Kier molecular flexibility index (Phi) is 5.74. The highest BCUT2D eigenvalue weighted by Crippen LogP contribution is 2.15. The van der Waals surface area contributed by atoms with Gasteiger partial charge in [-0.15, -0.1) is 0 Å². The van der Waals surface area contributed by atoms with Gasteiger partial charge < -0.3 is 11.1 Å². The Morgan fingerprint density at radius 2 is 1.75 bits per heavy atom. The molecule has 2 amide bonds. The zero-order valence-electron chi connectivity index (χ0n) is 12.7. The van der Waals surface area contributed by atoms with E-state index in [4.69, 9.17) is 5.73 Å². The van der Waals surface area contributed by atoms with E-state index in [1.54, 1.807) is 0 Å². The van der Waals surface area contributed by atoms with Crippen LogP contribution in [0.15, 0.2) is 18.2 Å². The van der Waals surface area contributed by atoms with Gasteiger partial charge in [0.15, 0.2) is 0 Å². The first kappa shape index (κ1) is 16.2. The minimum atomic E-state index is -0.652. The summed E-state index contributed by atoms with van der Waals surface area (Å²) in [6.45, 7) is 7.92. The van der Waals surface area contributed by atoms with Gasteiger partial charge >= 0.3 is 0 Å². The molecule has 1 rings (SSSR count). The van der Waals surface area contributed by atoms with E-state index >= 15 is 0 Å². The summed E-state index contributed by atoms with van der Waals surface area (Å²) in [6, 6.07) is 5.32. The molecule has 0 aliphatic rings. The number of primary amides is 1. The summed E-state index contributed by atoms with van der Waals surface area (Å²) < 4.78 is 0. The van der Waals surface area contributed by atoms with Crippen LogP contribution in [0.1, 0.15) is 37.0 Å². The van der Waals surface area contributed by atoms with Crippen molar-refractivity contribution in [2.45, 2.75) is 46.6 Å². The highest BCUT2D eigenvalue weighted by molar-refractivity contribution is 5.86. The molecule has 0 spiro atoms. The van der Waals surface area contributed by atoms with Crippen molar-refractivity contribution in [3.63, 3.8) is 0 Å². The number of hydrogen-bond donors (Lipinski definition) is 2. The lowest BCUT2D eigenvalue weighted by Crippen LogP contribution is -2.46. The van der Waals surface area contributed by atoms with E-state index < -0.39 is 11.9 Å². The first-order valence-corrected chi connectivity index (χ1v) is 6.95. The van der Waals surface area contributed by atoms with Crippen molar-refractivity contribution in [1.29, 1.82) is 0 Å². The highest BCUT2D eigenvalue weighted by Gasteiger charge is 2.20. The van der Waals surface area contributed by atoms with E-state index in [-0.39, 0.29) is 11.8 Å². The maximum atomic E-state index is 11.8. The molecular weight excluding hydrogens is 252 g/mol. The molecule has 0 unspecified atom stereocenters. The minimum Gasteiger partial charge on any atom is -0.368 e. The summed E-state index contributed by atoms with van der Waals surface area (Å²) in [6.07, 6.45) is 0.841. The van der Waals surface area contributed by atoms with Crippen LogP contribution in [0.2, 0.25) is 0 Å². The Bertz CT molecular complexity index is 475. The van der Waals surface area contributed by atoms with Crippen LogP contribution >= 0.6 is 0 Å². The maximum absolute atomic E-state index is 11.8. The first-order chi connectivity index (χ1) is 9.31. The zero-order chi connectivity index (χ0) is 15.3. The van der Waals surface area contributed by atoms with E-state index in [0.717, 1.165) is 16.7 Å². The predicted octanol–water partition coefficient (Wildman–Crippen LogP) is 1.86. The lowest BCUT2D eigenvalue weighted by Gasteiger charge is -2.19. The molecule has 0 aromatic heterocycles. The Morgan fingerprint density at radius 3 is 2.20 bits per heavy atom. The summed E-state index contributed by atoms with van der Waals surface area (Å²) in [5.74, 6) is -0.372. The van der Waals surface area contributed by atoms with Crippen LogP contribution in [-0.4, -0.2) is 17.9 Å². The molecular formula is C16H24N2O2. The van der Waals surface area contributed by atoms with Gasteiger partial charge in [-0.2, -0.15) is 0 Å². The second kappa shape index (κ2) is 7.08. The molecule has 1 atom stereocenters. The Morgan fingerprint density at radius 1 is 1.20 bits per heavy atom. The Hall–Kier alpha value is -1.84. The van der Waals surface area contributed by atoms with Gasteiger partial charge in [-0.1, -0.05) is 32.0 Å². The fourth-order valence-electron chi connectivity index (χ4n) is 2.22. The first-order valence-electron chi connectivity index (χ1n) is 6.95. The standard InChI is InChI=1S/C16H24N2O2/c1-10(2)8-15(19)18-14(16(17)20)9-13-11(3)6-5-7-12(13)4/h5-7,10,14H,8-9H2,1-4H3,(H2,17,20)(H,18,19)/t14-/m1/s1. The van der Waals surface area contributed by atoms with Crippen molar-refractivity contribution in [2.24, 2.45) is 11.7 Å². The number of hydrogen-bond acceptors (Lipinski definition) is 2. The summed E-state index contributed by atoms with van der Waals surface area (Å²) >= 11 is 0. The van der Waals surface area contributed by atoms with Gasteiger partial charge in [0.25, 0.3) is 0 Å². The monoisotopic (exact) mass is 276 g/mol. The fourth-order valence-corrected chi connectivity index (χ4v) is 2.22. The highest BCUT2D eigenvalue weighted by atomic mass is 16.2. The Labute approximate surface area is 120 Å². The summed E-state index contributed by atoms with van der Waals surface area (Å²) in [5.41, 5.74) is 8.69. The molecule has 0 saturated heterocycles. The van der Waals surface area contributed by atoms with Crippen LogP contribution in [-0.2, 0) is 16.0 Å². The average Bonchev–Trinajstić information content (AvgIpc) is 2.31. The third-order valence-electron chi connectivity index (χ3n) is 3.33. The smallest absolute Gasteiger partial charge is 0.240 e. The lowest BCUT2D eigenvalue weighted by molar-refractivity contribution is -0.127. The van der Waals surface area contributed by atoms with Gasteiger partial charge in [-0.05, 0) is 36.5 Å². The average molecular weight is 276 g/mol. The van der Waals surface area contributed by atoms with E-state index in [9.17, 15) is 9.59 Å². The van der Waals surface area contributed by atoms with Gasteiger partial charge in [0.2, 0.25) is 11.8 Å². The number of nitrogens with one attached hydrogen (secondary N) is 1. The third-order valence-corrected chi connectivity index (χ3v) is 3.33. The van der Waals surface area contributed by atoms with Gasteiger partial charge in [0.05, 0.1) is 0 Å². The van der Waals surface area contributed by atoms with Crippen LogP contribution in [0.5, 0.6) is 0 Å². The molecule has 1 aromatic rings. The third kappa shape index (κ3) is 4.68. The van der Waals surface area contributed by atoms with Crippen LogP contribution < -0.4 is 11.1 Å². The van der Waals surface area contributed by atoms with Gasteiger partial charge in [-0.3, -0.25) is 9.59 Å². The molecule has 0 radical (unpaired) electrons. The van der Waals surface area contributed by atoms with Crippen molar-refractivity contribution in [3.05, 3.63) is 34.9 Å². The molecule has 1 aromatic carbocycles. The molecule has 0 heterocycles. The van der Waals surface area contributed by atoms with Gasteiger partial charge in [0, 0.05) is 12.8 Å². The second-order valence-electron chi connectivity index (χ2n) is 5.69. The quantitative estimate of drug-likeness (QED) is 0.832. The zero-order valence-corrected chi connectivity index (χ0v) is 12.7. The van der Waals surface area contributed by atoms with Crippen molar-refractivity contribution < 1.29 is 9.59 Å². The SMILES string of the molecule is Cc1cccc(C)c1C[C@@H](NC(=O)CC(C)C)C(N)=O. The van der Waals surface area contributed by atoms with E-state index in [0.29, 0.717) is 12.8 Å². The van der Waals surface area contributed by atoms with Crippen LogP contribution in [0, 0.1) is 19.8 Å². The normalized spacial score (nSPS) is 12.2.